The number of hydrogen-bond acceptors (Lipinski definition) is 5. The second-order valence-electron chi connectivity index (χ2n) is 4.78. The highest BCUT2D eigenvalue weighted by atomic mass is 32.1. The predicted octanol–water partition coefficient (Wildman–Crippen LogP) is 3.23. The third kappa shape index (κ3) is 3.88. The fourth-order valence-corrected chi connectivity index (χ4v) is 2.38. The Labute approximate surface area is 126 Å². The lowest BCUT2D eigenvalue weighted by Crippen LogP contribution is -2.12. The zero-order valence-electron chi connectivity index (χ0n) is 11.7. The fraction of sp³-hybridized carbons (Fsp3) is 0.267. The first kappa shape index (κ1) is 15.2. The summed E-state index contributed by atoms with van der Waals surface area (Å²) in [6, 6.07) is 7.53. The molecule has 5 nitrogen and oxygen atoms in total. The Hall–Kier alpha value is -2.21. The van der Waals surface area contributed by atoms with E-state index in [1.54, 1.807) is 0 Å². The Morgan fingerprint density at radius 3 is 2.48 bits per heavy atom. The van der Waals surface area contributed by atoms with Crippen LogP contribution in [-0.2, 0) is 0 Å². The maximum absolute atomic E-state index is 11.9. The van der Waals surface area contributed by atoms with Gasteiger partial charge in [-0.3, -0.25) is 4.79 Å². The highest BCUT2D eigenvalue weighted by Gasteiger charge is 2.15. The van der Waals surface area contributed by atoms with Gasteiger partial charge in [0, 0.05) is 5.38 Å². The standard InChI is InChI=1S/C15H15NO4S/c1-9(2)10-3-5-11(6-4-10)20-7-13(17)14-16-12(8-21-14)15(18)19/h3-6,8-9H,7H2,1-2H3,(H,18,19). The molecule has 1 aromatic carbocycles. The summed E-state index contributed by atoms with van der Waals surface area (Å²) in [6.07, 6.45) is 0. The van der Waals surface area contributed by atoms with E-state index >= 15 is 0 Å². The molecule has 110 valence electrons. The van der Waals surface area contributed by atoms with E-state index in [-0.39, 0.29) is 23.1 Å². The van der Waals surface area contributed by atoms with Gasteiger partial charge in [-0.25, -0.2) is 9.78 Å². The first-order chi connectivity index (χ1) is 9.97. The fourth-order valence-electron chi connectivity index (χ4n) is 1.66. The van der Waals surface area contributed by atoms with Crippen molar-refractivity contribution < 1.29 is 19.4 Å². The Kier molecular flexibility index (Phi) is 4.70. The van der Waals surface area contributed by atoms with Crippen molar-refractivity contribution in [3.8, 4) is 5.75 Å². The molecule has 0 aliphatic heterocycles. The van der Waals surface area contributed by atoms with E-state index < -0.39 is 5.97 Å². The number of carbonyl (C=O) groups is 2. The number of thiazole rings is 1. The Morgan fingerprint density at radius 1 is 1.29 bits per heavy atom. The largest absolute Gasteiger partial charge is 0.485 e. The van der Waals surface area contributed by atoms with E-state index in [0.29, 0.717) is 11.7 Å². The number of nitrogens with zero attached hydrogens (tertiary/aromatic N) is 1. The molecule has 0 amide bonds. The van der Waals surface area contributed by atoms with Crippen LogP contribution in [0.4, 0.5) is 0 Å². The van der Waals surface area contributed by atoms with Crippen molar-refractivity contribution in [1.82, 2.24) is 4.98 Å². The average molecular weight is 305 g/mol. The maximum atomic E-state index is 11.9. The van der Waals surface area contributed by atoms with Crippen LogP contribution in [0.3, 0.4) is 0 Å². The molecule has 0 unspecified atom stereocenters. The molecule has 0 aliphatic carbocycles. The van der Waals surface area contributed by atoms with Crippen molar-refractivity contribution >= 4 is 23.1 Å². The molecule has 1 aromatic heterocycles. The van der Waals surface area contributed by atoms with E-state index in [2.05, 4.69) is 18.8 Å². The van der Waals surface area contributed by atoms with Gasteiger partial charge in [-0.15, -0.1) is 11.3 Å². The number of carboxylic acid groups (broad SMARTS) is 1. The van der Waals surface area contributed by atoms with Gasteiger partial charge >= 0.3 is 5.97 Å². The molecule has 0 bridgehead atoms. The summed E-state index contributed by atoms with van der Waals surface area (Å²) in [6.45, 7) is 4.04. The van der Waals surface area contributed by atoms with Crippen LogP contribution in [0.15, 0.2) is 29.6 Å². The lowest BCUT2D eigenvalue weighted by atomic mass is 10.0. The highest BCUT2D eigenvalue weighted by molar-refractivity contribution is 7.12. The van der Waals surface area contributed by atoms with Crippen LogP contribution < -0.4 is 4.74 Å². The monoisotopic (exact) mass is 305 g/mol. The molecular weight excluding hydrogens is 290 g/mol. The normalized spacial score (nSPS) is 10.6. The van der Waals surface area contributed by atoms with E-state index in [0.717, 1.165) is 11.3 Å². The Balaban J connectivity index is 1.95. The van der Waals surface area contributed by atoms with Crippen molar-refractivity contribution in [2.75, 3.05) is 6.61 Å². The number of aromatic nitrogens is 1. The second kappa shape index (κ2) is 6.49. The zero-order valence-corrected chi connectivity index (χ0v) is 12.5. The summed E-state index contributed by atoms with van der Waals surface area (Å²) in [4.78, 5) is 26.3. The number of ketones is 1. The third-order valence-electron chi connectivity index (χ3n) is 2.88. The lowest BCUT2D eigenvalue weighted by molar-refractivity contribution is 0.0691. The molecule has 6 heteroatoms. The van der Waals surface area contributed by atoms with E-state index in [1.165, 1.54) is 10.9 Å². The van der Waals surface area contributed by atoms with Crippen LogP contribution in [0, 0.1) is 0 Å². The van der Waals surface area contributed by atoms with Gasteiger partial charge in [0.2, 0.25) is 5.78 Å². The number of ether oxygens (including phenoxy) is 1. The van der Waals surface area contributed by atoms with Crippen molar-refractivity contribution in [2.45, 2.75) is 19.8 Å². The summed E-state index contributed by atoms with van der Waals surface area (Å²) in [7, 11) is 0. The molecule has 2 aromatic rings. The minimum absolute atomic E-state index is 0.121. The first-order valence-electron chi connectivity index (χ1n) is 6.42. The summed E-state index contributed by atoms with van der Waals surface area (Å²) in [5.74, 6) is -0.441. The maximum Gasteiger partial charge on any atom is 0.355 e. The van der Waals surface area contributed by atoms with E-state index in [9.17, 15) is 9.59 Å². The van der Waals surface area contributed by atoms with Crippen LogP contribution in [-0.4, -0.2) is 28.4 Å². The van der Waals surface area contributed by atoms with Gasteiger partial charge in [0.05, 0.1) is 0 Å². The number of hydrogen-bond donors (Lipinski definition) is 1. The number of Topliss-reactive ketones (excluding diaryl/α,β-unsaturated/α-hetero) is 1. The second-order valence-corrected chi connectivity index (χ2v) is 5.64. The van der Waals surface area contributed by atoms with Crippen molar-refractivity contribution in [3.05, 3.63) is 45.9 Å². The van der Waals surface area contributed by atoms with Gasteiger partial charge in [0.25, 0.3) is 0 Å². The van der Waals surface area contributed by atoms with Crippen molar-refractivity contribution in [1.29, 1.82) is 0 Å². The summed E-state index contributed by atoms with van der Waals surface area (Å²) >= 11 is 1.01. The summed E-state index contributed by atoms with van der Waals surface area (Å²) < 4.78 is 5.40. The zero-order chi connectivity index (χ0) is 15.4. The molecule has 0 aliphatic rings. The molecule has 0 fully saturated rings. The summed E-state index contributed by atoms with van der Waals surface area (Å²) in [5.41, 5.74) is 1.07. The number of rotatable bonds is 6. The van der Waals surface area contributed by atoms with Gasteiger partial charge in [0.15, 0.2) is 17.3 Å². The molecule has 2 rings (SSSR count). The van der Waals surface area contributed by atoms with Gasteiger partial charge in [-0.05, 0) is 23.6 Å². The van der Waals surface area contributed by atoms with Gasteiger partial charge in [-0.2, -0.15) is 0 Å². The van der Waals surface area contributed by atoms with Crippen molar-refractivity contribution in [3.63, 3.8) is 0 Å². The minimum atomic E-state index is -1.14. The van der Waals surface area contributed by atoms with Crippen LogP contribution in [0.25, 0.3) is 0 Å². The first-order valence-corrected chi connectivity index (χ1v) is 7.30. The molecule has 1 N–H and O–H groups in total. The highest BCUT2D eigenvalue weighted by Crippen LogP contribution is 2.19. The number of carboxylic acids is 1. The molecule has 0 saturated carbocycles. The van der Waals surface area contributed by atoms with Gasteiger partial charge in [0.1, 0.15) is 5.75 Å². The van der Waals surface area contributed by atoms with Gasteiger partial charge in [-0.1, -0.05) is 26.0 Å². The van der Waals surface area contributed by atoms with Crippen LogP contribution in [0.1, 0.15) is 45.6 Å². The van der Waals surface area contributed by atoms with Crippen LogP contribution in [0.5, 0.6) is 5.75 Å². The number of aromatic carboxylic acids is 1. The van der Waals surface area contributed by atoms with E-state index in [1.807, 2.05) is 24.3 Å². The predicted molar refractivity (Wildman–Crippen MR) is 79.4 cm³/mol. The molecule has 0 radical (unpaired) electrons. The Morgan fingerprint density at radius 2 is 1.95 bits per heavy atom. The summed E-state index contributed by atoms with van der Waals surface area (Å²) in [5, 5.41) is 10.2. The van der Waals surface area contributed by atoms with Crippen molar-refractivity contribution in [2.24, 2.45) is 0 Å². The molecular formula is C15H15NO4S. The smallest absolute Gasteiger partial charge is 0.355 e. The Bertz CT molecular complexity index is 646. The molecule has 0 spiro atoms. The lowest BCUT2D eigenvalue weighted by Gasteiger charge is -2.07. The molecule has 0 atom stereocenters. The number of carbonyl (C=O) groups excluding carboxylic acids is 1. The third-order valence-corrected chi connectivity index (χ3v) is 3.76. The van der Waals surface area contributed by atoms with Crippen LogP contribution in [0.2, 0.25) is 0 Å². The quantitative estimate of drug-likeness (QED) is 0.829. The van der Waals surface area contributed by atoms with Gasteiger partial charge < -0.3 is 9.84 Å². The molecule has 21 heavy (non-hydrogen) atoms. The number of benzene rings is 1. The molecule has 0 saturated heterocycles. The van der Waals surface area contributed by atoms with Crippen LogP contribution >= 0.6 is 11.3 Å². The minimum Gasteiger partial charge on any atom is -0.485 e. The van der Waals surface area contributed by atoms with E-state index in [4.69, 9.17) is 9.84 Å². The average Bonchev–Trinajstić information content (AvgIpc) is 2.95. The SMILES string of the molecule is CC(C)c1ccc(OCC(=O)c2nc(C(=O)O)cs2)cc1. The molecule has 1 heterocycles. The topological polar surface area (TPSA) is 76.5 Å².